The summed E-state index contributed by atoms with van der Waals surface area (Å²) in [6.07, 6.45) is 0. The van der Waals surface area contributed by atoms with Crippen molar-refractivity contribution in [2.75, 3.05) is 9.80 Å². The molecule has 0 N–H and O–H groups in total. The Morgan fingerprint density at radius 1 is 0.293 bits per heavy atom. The van der Waals surface area contributed by atoms with Crippen LogP contribution in [-0.4, -0.2) is 0 Å². The summed E-state index contributed by atoms with van der Waals surface area (Å²) < 4.78 is 0. The third kappa shape index (κ3) is 5.80. The Balaban J connectivity index is 1.35. The van der Waals surface area contributed by atoms with Crippen molar-refractivity contribution in [3.63, 3.8) is 0 Å². The maximum atomic E-state index is 2.49. The molecule has 2 heteroatoms. The number of aryl methyl sites for hydroxylation is 2. The van der Waals surface area contributed by atoms with Gasteiger partial charge >= 0.3 is 0 Å². The van der Waals surface area contributed by atoms with Gasteiger partial charge in [0, 0.05) is 38.9 Å². The first-order chi connectivity index (χ1) is 28.5. The number of rotatable bonds is 8. The van der Waals surface area contributed by atoms with Gasteiger partial charge in [0.25, 0.3) is 0 Å². The van der Waals surface area contributed by atoms with E-state index in [-0.39, 0.29) is 0 Å². The van der Waals surface area contributed by atoms with Gasteiger partial charge in [-0.2, -0.15) is 0 Å². The Kier molecular flexibility index (Phi) is 8.76. The fourth-order valence-electron chi connectivity index (χ4n) is 9.28. The molecule has 0 spiro atoms. The minimum atomic E-state index is 1.11. The molecule has 278 valence electrons. The predicted molar refractivity (Wildman–Crippen MR) is 249 cm³/mol. The third-order valence-electron chi connectivity index (χ3n) is 12.0. The van der Waals surface area contributed by atoms with Crippen LogP contribution in [0.1, 0.15) is 22.3 Å². The van der Waals surface area contributed by atoms with Crippen LogP contribution < -0.4 is 9.80 Å². The van der Waals surface area contributed by atoms with E-state index in [2.05, 4.69) is 232 Å². The van der Waals surface area contributed by atoms with Crippen molar-refractivity contribution in [2.24, 2.45) is 0 Å². The lowest BCUT2D eigenvalue weighted by atomic mass is 9.88. The van der Waals surface area contributed by atoms with E-state index in [0.29, 0.717) is 0 Å². The molecular formula is C56H44N2. The van der Waals surface area contributed by atoms with Gasteiger partial charge in [-0.1, -0.05) is 152 Å². The summed E-state index contributed by atoms with van der Waals surface area (Å²) >= 11 is 0. The van der Waals surface area contributed by atoms with Gasteiger partial charge in [-0.25, -0.2) is 0 Å². The van der Waals surface area contributed by atoms with E-state index in [9.17, 15) is 0 Å². The van der Waals surface area contributed by atoms with Gasteiger partial charge < -0.3 is 9.80 Å². The van der Waals surface area contributed by atoms with Crippen LogP contribution in [0.4, 0.5) is 34.1 Å². The van der Waals surface area contributed by atoms with E-state index in [1.165, 1.54) is 76.8 Å². The number of anilines is 6. The Morgan fingerprint density at radius 3 is 1.07 bits per heavy atom. The molecule has 0 saturated heterocycles. The standard InChI is InChI=1S/C56H44N2/c1-37-35-38(2)46-32-34-50-54(58(44-25-15-8-16-26-44)52-30-18-28-48(40(52)4)42-21-11-6-12-22-42)36-53(49-33-31-45(37)55(46)56(49)50)57(43-23-13-7-14-24-43)51-29-17-27-47(39(51)3)41-19-9-5-10-20-41/h5-36H,1-4H3. The molecular weight excluding hydrogens is 701 g/mol. The second kappa shape index (κ2) is 14.4. The summed E-state index contributed by atoms with van der Waals surface area (Å²) in [6, 6.07) is 71.0. The molecule has 10 rings (SSSR count). The lowest BCUT2D eigenvalue weighted by Gasteiger charge is -2.34. The predicted octanol–water partition coefficient (Wildman–Crippen LogP) is 16.1. The molecule has 0 aliphatic rings. The van der Waals surface area contributed by atoms with Crippen molar-refractivity contribution in [3.8, 4) is 22.3 Å². The fourth-order valence-corrected chi connectivity index (χ4v) is 9.28. The van der Waals surface area contributed by atoms with Crippen LogP contribution in [0.2, 0.25) is 0 Å². The highest BCUT2D eigenvalue weighted by Gasteiger charge is 2.27. The Hall–Kier alpha value is -7.16. The van der Waals surface area contributed by atoms with Crippen molar-refractivity contribution >= 4 is 66.4 Å². The smallest absolute Gasteiger partial charge is 0.0561 e. The minimum Gasteiger partial charge on any atom is -0.310 e. The second-order valence-electron chi connectivity index (χ2n) is 15.5. The number of nitrogens with zero attached hydrogens (tertiary/aromatic N) is 2. The number of hydrogen-bond acceptors (Lipinski definition) is 2. The van der Waals surface area contributed by atoms with Gasteiger partial charge in [0.05, 0.1) is 11.4 Å². The maximum Gasteiger partial charge on any atom is 0.0561 e. The van der Waals surface area contributed by atoms with Crippen LogP contribution in [0.15, 0.2) is 194 Å². The Labute approximate surface area is 341 Å². The Morgan fingerprint density at radius 2 is 0.655 bits per heavy atom. The lowest BCUT2D eigenvalue weighted by Crippen LogP contribution is -2.16. The first-order valence-electron chi connectivity index (χ1n) is 20.2. The average molecular weight is 745 g/mol. The van der Waals surface area contributed by atoms with Crippen molar-refractivity contribution < 1.29 is 0 Å². The zero-order valence-corrected chi connectivity index (χ0v) is 33.4. The largest absolute Gasteiger partial charge is 0.310 e. The van der Waals surface area contributed by atoms with Gasteiger partial charge in [-0.3, -0.25) is 0 Å². The van der Waals surface area contributed by atoms with Gasteiger partial charge in [-0.15, -0.1) is 0 Å². The summed E-state index contributed by atoms with van der Waals surface area (Å²) in [4.78, 5) is 4.99. The van der Waals surface area contributed by atoms with E-state index >= 15 is 0 Å². The molecule has 0 aliphatic heterocycles. The molecule has 10 aromatic rings. The summed E-state index contributed by atoms with van der Waals surface area (Å²) in [5, 5.41) is 7.63. The molecule has 0 unspecified atom stereocenters. The van der Waals surface area contributed by atoms with E-state index in [1.54, 1.807) is 0 Å². The molecule has 0 heterocycles. The molecule has 0 aromatic heterocycles. The van der Waals surface area contributed by atoms with Crippen LogP contribution in [-0.2, 0) is 0 Å². The first kappa shape index (κ1) is 35.3. The summed E-state index contributed by atoms with van der Waals surface area (Å²) in [6.45, 7) is 9.05. The molecule has 0 radical (unpaired) electrons. The molecule has 2 nitrogen and oxygen atoms in total. The average Bonchev–Trinajstić information content (AvgIpc) is 3.27. The van der Waals surface area contributed by atoms with Gasteiger partial charge in [-0.05, 0) is 131 Å². The minimum absolute atomic E-state index is 1.11. The second-order valence-corrected chi connectivity index (χ2v) is 15.5. The Bertz CT molecular complexity index is 2880. The van der Waals surface area contributed by atoms with Crippen LogP contribution >= 0.6 is 0 Å². The molecule has 0 fully saturated rings. The zero-order valence-electron chi connectivity index (χ0n) is 33.4. The highest BCUT2D eigenvalue weighted by Crippen LogP contribution is 2.52. The van der Waals surface area contributed by atoms with Crippen molar-refractivity contribution in [1.29, 1.82) is 0 Å². The lowest BCUT2D eigenvalue weighted by molar-refractivity contribution is 1.24. The van der Waals surface area contributed by atoms with Crippen molar-refractivity contribution in [1.82, 2.24) is 0 Å². The van der Waals surface area contributed by atoms with Crippen LogP contribution in [0.25, 0.3) is 54.6 Å². The van der Waals surface area contributed by atoms with E-state index in [1.807, 2.05) is 0 Å². The molecule has 10 aromatic carbocycles. The van der Waals surface area contributed by atoms with Crippen LogP contribution in [0, 0.1) is 27.7 Å². The molecule has 0 aliphatic carbocycles. The zero-order chi connectivity index (χ0) is 39.3. The highest BCUT2D eigenvalue weighted by molar-refractivity contribution is 6.29. The van der Waals surface area contributed by atoms with E-state index < -0.39 is 0 Å². The summed E-state index contributed by atoms with van der Waals surface area (Å²) in [7, 11) is 0. The molecule has 58 heavy (non-hydrogen) atoms. The summed E-state index contributed by atoms with van der Waals surface area (Å²) in [5.41, 5.74) is 16.7. The van der Waals surface area contributed by atoms with Crippen LogP contribution in [0.5, 0.6) is 0 Å². The quantitative estimate of drug-likeness (QED) is 0.143. The molecule has 0 bridgehead atoms. The number of benzene rings is 10. The molecule has 0 amide bonds. The molecule has 0 saturated carbocycles. The number of hydrogen-bond donors (Lipinski definition) is 0. The third-order valence-corrected chi connectivity index (χ3v) is 12.0. The van der Waals surface area contributed by atoms with E-state index in [0.717, 1.165) is 34.1 Å². The fraction of sp³-hybridized carbons (Fsp3) is 0.0714. The number of para-hydroxylation sites is 2. The highest BCUT2D eigenvalue weighted by atomic mass is 15.2. The van der Waals surface area contributed by atoms with Gasteiger partial charge in [0.15, 0.2) is 0 Å². The maximum absolute atomic E-state index is 2.49. The summed E-state index contributed by atoms with van der Waals surface area (Å²) in [5.74, 6) is 0. The normalized spacial score (nSPS) is 11.4. The van der Waals surface area contributed by atoms with Crippen molar-refractivity contribution in [3.05, 3.63) is 216 Å². The van der Waals surface area contributed by atoms with Gasteiger partial charge in [0.1, 0.15) is 0 Å². The molecule has 0 atom stereocenters. The van der Waals surface area contributed by atoms with Gasteiger partial charge in [0.2, 0.25) is 0 Å². The van der Waals surface area contributed by atoms with Crippen LogP contribution in [0.3, 0.4) is 0 Å². The topological polar surface area (TPSA) is 6.48 Å². The first-order valence-corrected chi connectivity index (χ1v) is 20.2. The monoisotopic (exact) mass is 744 g/mol. The SMILES string of the molecule is Cc1c(-c2ccccc2)cccc1N(c1ccccc1)c1cc(N(c2ccccc2)c2cccc(-c3ccccc3)c2C)c2ccc3c(C)cc(C)c4ccc1c2c43. The van der Waals surface area contributed by atoms with Crippen molar-refractivity contribution in [2.45, 2.75) is 27.7 Å². The van der Waals surface area contributed by atoms with E-state index in [4.69, 9.17) is 0 Å².